The Hall–Kier alpha value is -2.67. The highest BCUT2D eigenvalue weighted by Gasteiger charge is 2.40. The maximum atomic E-state index is 13.3. The van der Waals surface area contributed by atoms with Crippen molar-refractivity contribution in [2.75, 3.05) is 43.0 Å². The molecule has 1 atom stereocenters. The number of aryl methyl sites for hydroxylation is 1. The molecule has 0 spiro atoms. The van der Waals surface area contributed by atoms with Gasteiger partial charge in [0.1, 0.15) is 0 Å². The van der Waals surface area contributed by atoms with E-state index >= 15 is 0 Å². The Labute approximate surface area is 171 Å². The lowest BCUT2D eigenvalue weighted by molar-refractivity contribution is 0.216. The van der Waals surface area contributed by atoms with Gasteiger partial charge >= 0.3 is 6.03 Å². The maximum Gasteiger partial charge on any atom is 0.323 e. The summed E-state index contributed by atoms with van der Waals surface area (Å²) in [6, 6.07) is 8.61. The number of likely N-dealkylation sites (tertiary alicyclic amines) is 1. The summed E-state index contributed by atoms with van der Waals surface area (Å²) < 4.78 is 0. The average Bonchev–Trinajstić information content (AvgIpc) is 3.14. The van der Waals surface area contributed by atoms with Crippen LogP contribution in [0.5, 0.6) is 0 Å². The number of urea groups is 1. The number of aromatic nitrogens is 2. The highest BCUT2D eigenvalue weighted by molar-refractivity contribution is 5.97. The van der Waals surface area contributed by atoms with Gasteiger partial charge in [0.15, 0.2) is 5.82 Å². The largest absolute Gasteiger partial charge is 0.366 e. The molecule has 1 unspecified atom stereocenters. The second-order valence-corrected chi connectivity index (χ2v) is 8.51. The smallest absolute Gasteiger partial charge is 0.323 e. The van der Waals surface area contributed by atoms with Crippen molar-refractivity contribution in [1.82, 2.24) is 20.2 Å². The topological polar surface area (TPSA) is 64.6 Å². The first-order valence-electron chi connectivity index (χ1n) is 10.6. The zero-order valence-corrected chi connectivity index (χ0v) is 17.1. The molecular weight excluding hydrogens is 364 g/mol. The van der Waals surface area contributed by atoms with Crippen molar-refractivity contribution in [3.8, 4) is 11.3 Å². The summed E-state index contributed by atoms with van der Waals surface area (Å²) in [6.45, 7) is 5.90. The van der Waals surface area contributed by atoms with Crippen LogP contribution in [-0.2, 0) is 0 Å². The minimum Gasteiger partial charge on any atom is -0.366 e. The number of carbonyl (C=O) groups is 1. The number of anilines is 2. The van der Waals surface area contributed by atoms with Crippen molar-refractivity contribution in [1.29, 1.82) is 0 Å². The third-order valence-electron chi connectivity index (χ3n) is 6.42. The van der Waals surface area contributed by atoms with Crippen molar-refractivity contribution in [2.24, 2.45) is 0 Å². The molecule has 0 aliphatic carbocycles. The van der Waals surface area contributed by atoms with E-state index in [1.807, 2.05) is 36.2 Å². The van der Waals surface area contributed by atoms with E-state index in [2.05, 4.69) is 33.2 Å². The van der Waals surface area contributed by atoms with Crippen LogP contribution < -0.4 is 15.1 Å². The number of pyridine rings is 2. The molecule has 7 nitrogen and oxygen atoms in total. The van der Waals surface area contributed by atoms with E-state index in [1.54, 1.807) is 0 Å². The Kier molecular flexibility index (Phi) is 4.62. The number of carbonyl (C=O) groups excluding carboxylic acids is 1. The molecule has 2 bridgehead atoms. The predicted octanol–water partition coefficient (Wildman–Crippen LogP) is 2.65. The normalized spacial score (nSPS) is 21.9. The molecule has 2 amide bonds. The van der Waals surface area contributed by atoms with Gasteiger partial charge < -0.3 is 15.1 Å². The zero-order valence-electron chi connectivity index (χ0n) is 17.1. The van der Waals surface area contributed by atoms with Gasteiger partial charge in [-0.25, -0.2) is 9.78 Å². The summed E-state index contributed by atoms with van der Waals surface area (Å²) in [6.07, 6.45) is 4.84. The van der Waals surface area contributed by atoms with E-state index in [0.29, 0.717) is 0 Å². The molecule has 3 aliphatic rings. The van der Waals surface area contributed by atoms with Crippen LogP contribution in [0.15, 0.2) is 30.5 Å². The van der Waals surface area contributed by atoms with Gasteiger partial charge in [-0.15, -0.1) is 0 Å². The Morgan fingerprint density at radius 3 is 2.69 bits per heavy atom. The Morgan fingerprint density at radius 2 is 1.93 bits per heavy atom. The number of amides is 2. The van der Waals surface area contributed by atoms with Crippen molar-refractivity contribution < 1.29 is 4.79 Å². The zero-order chi connectivity index (χ0) is 20.0. The van der Waals surface area contributed by atoms with E-state index in [0.717, 1.165) is 73.9 Å². The number of hydrogen-bond donors (Lipinski definition) is 1. The first-order chi connectivity index (χ1) is 14.1. The molecule has 3 aliphatic heterocycles. The van der Waals surface area contributed by atoms with E-state index in [9.17, 15) is 4.79 Å². The number of fused-ring (bicyclic) bond motifs is 4. The van der Waals surface area contributed by atoms with Crippen LogP contribution in [0.4, 0.5) is 16.3 Å². The first-order valence-corrected chi connectivity index (χ1v) is 10.6. The summed E-state index contributed by atoms with van der Waals surface area (Å²) in [5.74, 6) is 0.780. The van der Waals surface area contributed by atoms with Crippen LogP contribution in [0.25, 0.3) is 11.3 Å². The van der Waals surface area contributed by atoms with Crippen LogP contribution in [0, 0.1) is 6.92 Å². The molecule has 0 saturated carbocycles. The number of hydrogen-bond acceptors (Lipinski definition) is 5. The molecule has 2 saturated heterocycles. The highest BCUT2D eigenvalue weighted by atomic mass is 16.2. The number of rotatable bonds is 2. The summed E-state index contributed by atoms with van der Waals surface area (Å²) in [5.41, 5.74) is 3.87. The fraction of sp³-hybridized carbons (Fsp3) is 0.500. The number of nitrogens with zero attached hydrogens (tertiary/aromatic N) is 5. The maximum absolute atomic E-state index is 13.3. The SMILES string of the molecule is Cc1ccc(-c2ccc3c(n2)N(C(=O)NC2CCN(C)CC2)C2CCN3C2)cn1. The Morgan fingerprint density at radius 1 is 1.10 bits per heavy atom. The Balaban J connectivity index is 1.45. The summed E-state index contributed by atoms with van der Waals surface area (Å²) in [5, 5.41) is 3.29. The monoisotopic (exact) mass is 392 g/mol. The molecule has 152 valence electrons. The van der Waals surface area contributed by atoms with Crippen LogP contribution >= 0.6 is 0 Å². The van der Waals surface area contributed by atoms with Crippen LogP contribution in [0.3, 0.4) is 0 Å². The quantitative estimate of drug-likeness (QED) is 0.851. The summed E-state index contributed by atoms with van der Waals surface area (Å²) >= 11 is 0. The minimum atomic E-state index is -0.000894. The Bertz CT molecular complexity index is 906. The van der Waals surface area contributed by atoms with E-state index in [-0.39, 0.29) is 18.1 Å². The van der Waals surface area contributed by atoms with Crippen molar-refractivity contribution in [2.45, 2.75) is 38.3 Å². The van der Waals surface area contributed by atoms with E-state index < -0.39 is 0 Å². The lowest BCUT2D eigenvalue weighted by Crippen LogP contribution is -2.54. The molecule has 5 heterocycles. The lowest BCUT2D eigenvalue weighted by Gasteiger charge is -2.37. The van der Waals surface area contributed by atoms with Gasteiger partial charge in [0.05, 0.1) is 17.4 Å². The molecule has 0 radical (unpaired) electrons. The minimum absolute atomic E-state index is 0.000894. The van der Waals surface area contributed by atoms with Crippen molar-refractivity contribution >= 4 is 17.5 Å². The fourth-order valence-corrected chi connectivity index (χ4v) is 4.65. The average molecular weight is 393 g/mol. The van der Waals surface area contributed by atoms with Crippen molar-refractivity contribution in [3.05, 3.63) is 36.2 Å². The molecule has 2 aromatic heterocycles. The van der Waals surface area contributed by atoms with Gasteiger partial charge in [-0.3, -0.25) is 9.88 Å². The summed E-state index contributed by atoms with van der Waals surface area (Å²) in [7, 11) is 2.14. The van der Waals surface area contributed by atoms with Gasteiger partial charge in [-0.2, -0.15) is 0 Å². The molecule has 5 rings (SSSR count). The second-order valence-electron chi connectivity index (χ2n) is 8.51. The van der Waals surface area contributed by atoms with Gasteiger partial charge in [0.25, 0.3) is 0 Å². The summed E-state index contributed by atoms with van der Waals surface area (Å²) in [4.78, 5) is 29.2. The lowest BCUT2D eigenvalue weighted by atomic mass is 10.1. The van der Waals surface area contributed by atoms with Gasteiger partial charge in [-0.1, -0.05) is 0 Å². The molecular formula is C22H28N6O. The first kappa shape index (κ1) is 18.4. The van der Waals surface area contributed by atoms with E-state index in [1.165, 1.54) is 0 Å². The predicted molar refractivity (Wildman–Crippen MR) is 114 cm³/mol. The van der Waals surface area contributed by atoms with Gasteiger partial charge in [-0.05, 0) is 70.6 Å². The van der Waals surface area contributed by atoms with E-state index in [4.69, 9.17) is 4.98 Å². The van der Waals surface area contributed by atoms with Crippen molar-refractivity contribution in [3.63, 3.8) is 0 Å². The number of piperidine rings is 1. The molecule has 29 heavy (non-hydrogen) atoms. The molecule has 7 heteroatoms. The fourth-order valence-electron chi connectivity index (χ4n) is 4.65. The van der Waals surface area contributed by atoms with Crippen LogP contribution in [0.1, 0.15) is 25.0 Å². The van der Waals surface area contributed by atoms with Gasteiger partial charge in [0, 0.05) is 36.6 Å². The number of nitrogens with one attached hydrogen (secondary N) is 1. The third-order valence-corrected chi connectivity index (χ3v) is 6.42. The van der Waals surface area contributed by atoms with Crippen LogP contribution in [0.2, 0.25) is 0 Å². The molecule has 0 aromatic carbocycles. The van der Waals surface area contributed by atoms with Crippen LogP contribution in [-0.4, -0.2) is 66.2 Å². The second kappa shape index (κ2) is 7.30. The standard InChI is InChI=1S/C22H28N6O/c1-15-3-4-16(13-23-15)19-5-6-20-21(25-19)28(18-9-12-27(20)14-18)22(29)24-17-7-10-26(2)11-8-17/h3-6,13,17-18H,7-12,14H2,1-2H3,(H,24,29). The molecule has 2 fully saturated rings. The molecule has 1 N–H and O–H groups in total. The molecule has 2 aromatic rings. The van der Waals surface area contributed by atoms with Gasteiger partial charge in [0.2, 0.25) is 0 Å². The third kappa shape index (κ3) is 3.44. The highest BCUT2D eigenvalue weighted by Crippen LogP contribution is 2.40.